The van der Waals surface area contributed by atoms with E-state index in [1.807, 2.05) is 6.07 Å². The van der Waals surface area contributed by atoms with Crippen LogP contribution in [0.2, 0.25) is 0 Å². The first-order valence-corrected chi connectivity index (χ1v) is 7.23. The van der Waals surface area contributed by atoms with Gasteiger partial charge in [-0.2, -0.15) is 0 Å². The van der Waals surface area contributed by atoms with E-state index in [9.17, 15) is 0 Å². The third-order valence-electron chi connectivity index (χ3n) is 3.77. The van der Waals surface area contributed by atoms with Crippen molar-refractivity contribution in [2.24, 2.45) is 11.7 Å². The second kappa shape index (κ2) is 6.77. The van der Waals surface area contributed by atoms with Gasteiger partial charge in [-0.1, -0.05) is 13.8 Å². The maximum atomic E-state index is 5.59. The smallest absolute Gasteiger partial charge is 0.119 e. The van der Waals surface area contributed by atoms with Gasteiger partial charge in [-0.05, 0) is 36.1 Å². The molecule has 0 radical (unpaired) electrons. The Kier molecular flexibility index (Phi) is 5.04. The normalized spacial score (nSPS) is 13.1. The highest BCUT2D eigenvalue weighted by atomic mass is 16.5. The molecule has 0 aliphatic carbocycles. The number of methoxy groups -OCH3 is 1. The summed E-state index contributed by atoms with van der Waals surface area (Å²) in [6.07, 6.45) is 3.09. The van der Waals surface area contributed by atoms with Crippen LogP contribution in [0.25, 0.3) is 10.9 Å². The summed E-state index contributed by atoms with van der Waals surface area (Å²) in [6, 6.07) is 6.58. The molecule has 1 unspecified atom stereocenters. The predicted molar refractivity (Wildman–Crippen MR) is 84.2 cm³/mol. The molecular formula is C16H25N3O. The van der Waals surface area contributed by atoms with Crippen molar-refractivity contribution in [3.8, 4) is 5.75 Å². The molecule has 2 rings (SSSR count). The number of nitrogens with two attached hydrogens (primary N) is 1. The molecule has 0 aliphatic rings. The van der Waals surface area contributed by atoms with E-state index >= 15 is 0 Å². The number of fused-ring (bicyclic) bond motifs is 1. The summed E-state index contributed by atoms with van der Waals surface area (Å²) in [4.78, 5) is 3.33. The fourth-order valence-corrected chi connectivity index (χ4v) is 2.50. The fourth-order valence-electron chi connectivity index (χ4n) is 2.50. The van der Waals surface area contributed by atoms with Crippen LogP contribution < -0.4 is 15.8 Å². The van der Waals surface area contributed by atoms with E-state index in [1.54, 1.807) is 7.11 Å². The van der Waals surface area contributed by atoms with Crippen LogP contribution in [0, 0.1) is 5.92 Å². The Morgan fingerprint density at radius 3 is 2.80 bits per heavy atom. The molecule has 0 spiro atoms. The summed E-state index contributed by atoms with van der Waals surface area (Å²) in [5, 5.41) is 4.77. The first-order valence-electron chi connectivity index (χ1n) is 7.23. The Morgan fingerprint density at radius 2 is 2.15 bits per heavy atom. The number of rotatable bonds is 7. The largest absolute Gasteiger partial charge is 0.497 e. The lowest BCUT2D eigenvalue weighted by Crippen LogP contribution is -2.38. The van der Waals surface area contributed by atoms with Gasteiger partial charge in [-0.15, -0.1) is 0 Å². The van der Waals surface area contributed by atoms with Crippen molar-refractivity contribution < 1.29 is 4.74 Å². The van der Waals surface area contributed by atoms with E-state index in [1.165, 1.54) is 10.9 Å². The highest BCUT2D eigenvalue weighted by Crippen LogP contribution is 2.25. The standard InChI is InChI=1S/C16H25N3O/c1-11(2)16(18-7-6-17)8-12-10-19-15-5-4-13(20-3)9-14(12)15/h4-5,9-11,16,18-19H,6-8,17H2,1-3H3. The third kappa shape index (κ3) is 3.32. The van der Waals surface area contributed by atoms with Crippen molar-refractivity contribution in [2.45, 2.75) is 26.3 Å². The van der Waals surface area contributed by atoms with Gasteiger partial charge in [0, 0.05) is 36.2 Å². The number of ether oxygens (including phenoxy) is 1. The van der Waals surface area contributed by atoms with Gasteiger partial charge in [-0.3, -0.25) is 0 Å². The molecule has 1 atom stereocenters. The van der Waals surface area contributed by atoms with Crippen molar-refractivity contribution in [2.75, 3.05) is 20.2 Å². The lowest BCUT2D eigenvalue weighted by molar-refractivity contribution is 0.402. The number of aromatic nitrogens is 1. The SMILES string of the molecule is COc1ccc2[nH]cc(CC(NCCN)C(C)C)c2c1. The fraction of sp³-hybridized carbons (Fsp3) is 0.500. The molecule has 4 heteroatoms. The number of benzene rings is 1. The highest BCUT2D eigenvalue weighted by molar-refractivity contribution is 5.84. The summed E-state index contributed by atoms with van der Waals surface area (Å²) in [6.45, 7) is 6.01. The zero-order valence-electron chi connectivity index (χ0n) is 12.6. The number of nitrogens with one attached hydrogen (secondary N) is 2. The van der Waals surface area contributed by atoms with Crippen molar-refractivity contribution in [1.29, 1.82) is 0 Å². The Balaban J connectivity index is 2.22. The molecule has 1 heterocycles. The number of H-pyrrole nitrogens is 1. The summed E-state index contributed by atoms with van der Waals surface area (Å²) < 4.78 is 5.32. The van der Waals surface area contributed by atoms with E-state index in [0.717, 1.165) is 24.2 Å². The average molecular weight is 275 g/mol. The molecular weight excluding hydrogens is 250 g/mol. The van der Waals surface area contributed by atoms with E-state index in [2.05, 4.69) is 42.5 Å². The minimum Gasteiger partial charge on any atom is -0.497 e. The summed E-state index contributed by atoms with van der Waals surface area (Å²) in [7, 11) is 1.70. The molecule has 4 nitrogen and oxygen atoms in total. The molecule has 20 heavy (non-hydrogen) atoms. The average Bonchev–Trinajstić information content (AvgIpc) is 2.85. The molecule has 0 aliphatic heterocycles. The van der Waals surface area contributed by atoms with E-state index in [0.29, 0.717) is 18.5 Å². The van der Waals surface area contributed by atoms with Crippen LogP contribution in [0.5, 0.6) is 5.75 Å². The first kappa shape index (κ1) is 14.9. The van der Waals surface area contributed by atoms with Crippen molar-refractivity contribution >= 4 is 10.9 Å². The van der Waals surface area contributed by atoms with Crippen LogP contribution in [-0.2, 0) is 6.42 Å². The van der Waals surface area contributed by atoms with Crippen LogP contribution in [0.1, 0.15) is 19.4 Å². The number of aromatic amines is 1. The maximum absolute atomic E-state index is 5.59. The lowest BCUT2D eigenvalue weighted by Gasteiger charge is -2.22. The molecule has 4 N–H and O–H groups in total. The van der Waals surface area contributed by atoms with Gasteiger partial charge in [-0.25, -0.2) is 0 Å². The first-order chi connectivity index (χ1) is 9.65. The second-order valence-corrected chi connectivity index (χ2v) is 5.52. The van der Waals surface area contributed by atoms with Gasteiger partial charge in [0.05, 0.1) is 7.11 Å². The van der Waals surface area contributed by atoms with E-state index in [4.69, 9.17) is 10.5 Å². The van der Waals surface area contributed by atoms with Crippen molar-refractivity contribution in [3.05, 3.63) is 30.0 Å². The van der Waals surface area contributed by atoms with Gasteiger partial charge < -0.3 is 20.8 Å². The van der Waals surface area contributed by atoms with Crippen molar-refractivity contribution in [1.82, 2.24) is 10.3 Å². The highest BCUT2D eigenvalue weighted by Gasteiger charge is 2.15. The number of hydrogen-bond acceptors (Lipinski definition) is 3. The third-order valence-corrected chi connectivity index (χ3v) is 3.77. The molecule has 0 fully saturated rings. The molecule has 1 aromatic carbocycles. The topological polar surface area (TPSA) is 63.1 Å². The minimum atomic E-state index is 0.434. The molecule has 0 saturated carbocycles. The van der Waals surface area contributed by atoms with Gasteiger partial charge in [0.15, 0.2) is 0 Å². The quantitative estimate of drug-likeness (QED) is 0.726. The lowest BCUT2D eigenvalue weighted by atomic mass is 9.96. The van der Waals surface area contributed by atoms with Gasteiger partial charge in [0.2, 0.25) is 0 Å². The zero-order valence-corrected chi connectivity index (χ0v) is 12.6. The minimum absolute atomic E-state index is 0.434. The molecule has 2 aromatic rings. The van der Waals surface area contributed by atoms with Crippen LogP contribution >= 0.6 is 0 Å². The second-order valence-electron chi connectivity index (χ2n) is 5.52. The molecule has 0 saturated heterocycles. The van der Waals surface area contributed by atoms with Crippen LogP contribution in [-0.4, -0.2) is 31.2 Å². The van der Waals surface area contributed by atoms with E-state index < -0.39 is 0 Å². The Bertz CT molecular complexity index is 548. The molecule has 110 valence electrons. The van der Waals surface area contributed by atoms with Gasteiger partial charge in [0.1, 0.15) is 5.75 Å². The molecule has 1 aromatic heterocycles. The van der Waals surface area contributed by atoms with Gasteiger partial charge in [0.25, 0.3) is 0 Å². The monoisotopic (exact) mass is 275 g/mol. The number of hydrogen-bond donors (Lipinski definition) is 3. The van der Waals surface area contributed by atoms with Crippen molar-refractivity contribution in [3.63, 3.8) is 0 Å². The Hall–Kier alpha value is -1.52. The van der Waals surface area contributed by atoms with E-state index in [-0.39, 0.29) is 0 Å². The summed E-state index contributed by atoms with van der Waals surface area (Å²) >= 11 is 0. The predicted octanol–water partition coefficient (Wildman–Crippen LogP) is 2.29. The van der Waals surface area contributed by atoms with Gasteiger partial charge >= 0.3 is 0 Å². The van der Waals surface area contributed by atoms with Crippen LogP contribution in [0.15, 0.2) is 24.4 Å². The zero-order chi connectivity index (χ0) is 14.5. The maximum Gasteiger partial charge on any atom is 0.119 e. The molecule has 0 bridgehead atoms. The van der Waals surface area contributed by atoms with Crippen LogP contribution in [0.3, 0.4) is 0 Å². The Labute approximate surface area is 120 Å². The summed E-state index contributed by atoms with van der Waals surface area (Å²) in [5.74, 6) is 1.46. The summed E-state index contributed by atoms with van der Waals surface area (Å²) in [5.41, 5.74) is 8.07. The molecule has 0 amide bonds. The Morgan fingerprint density at radius 1 is 1.35 bits per heavy atom. The van der Waals surface area contributed by atoms with Crippen LogP contribution in [0.4, 0.5) is 0 Å².